The summed E-state index contributed by atoms with van der Waals surface area (Å²) in [5, 5.41) is 11.2. The molecule has 1 N–H and O–H groups in total. The fourth-order valence-electron chi connectivity index (χ4n) is 3.43. The van der Waals surface area contributed by atoms with Crippen molar-refractivity contribution in [3.63, 3.8) is 0 Å². The first-order valence-corrected chi connectivity index (χ1v) is 9.67. The molecule has 0 spiro atoms. The van der Waals surface area contributed by atoms with Crippen LogP contribution in [0.1, 0.15) is 21.5 Å². The summed E-state index contributed by atoms with van der Waals surface area (Å²) in [6.45, 7) is 0. The Kier molecular flexibility index (Phi) is 5.37. The molecule has 150 valence electrons. The number of benzene rings is 3. The van der Waals surface area contributed by atoms with Gasteiger partial charge in [0.25, 0.3) is 5.91 Å². The van der Waals surface area contributed by atoms with Gasteiger partial charge in [-0.05, 0) is 42.5 Å². The maximum absolute atomic E-state index is 13.2. The van der Waals surface area contributed by atoms with E-state index in [-0.39, 0.29) is 5.91 Å². The molecule has 0 saturated carbocycles. The van der Waals surface area contributed by atoms with Gasteiger partial charge in [-0.3, -0.25) is 9.69 Å². The molecule has 30 heavy (non-hydrogen) atoms. The van der Waals surface area contributed by atoms with Gasteiger partial charge in [-0.1, -0.05) is 47.7 Å². The number of hydrogen-bond acceptors (Lipinski definition) is 4. The molecule has 1 atom stereocenters. The van der Waals surface area contributed by atoms with Crippen molar-refractivity contribution in [3.8, 4) is 17.6 Å². The first-order chi connectivity index (χ1) is 14.5. The zero-order chi connectivity index (χ0) is 21.3. The summed E-state index contributed by atoms with van der Waals surface area (Å²) >= 11 is 6.49. The maximum atomic E-state index is 13.2. The van der Waals surface area contributed by atoms with Crippen molar-refractivity contribution < 1.29 is 14.6 Å². The van der Waals surface area contributed by atoms with Crippen LogP contribution in [0, 0.1) is 11.8 Å². The second-order valence-corrected chi connectivity index (χ2v) is 7.18. The molecule has 1 aliphatic heterocycles. The van der Waals surface area contributed by atoms with Crippen LogP contribution in [0.3, 0.4) is 0 Å². The van der Waals surface area contributed by atoms with Crippen molar-refractivity contribution in [1.29, 1.82) is 0 Å². The van der Waals surface area contributed by atoms with Crippen molar-refractivity contribution in [2.45, 2.75) is 6.35 Å². The Balaban J connectivity index is 1.70. The van der Waals surface area contributed by atoms with Gasteiger partial charge in [0, 0.05) is 18.2 Å². The SMILES string of the molecule is COc1cccc2c1N(C)C(O)N(c1ccc(C#Cc3ccccc3)cc1Cl)C2=O. The number of nitrogens with zero attached hydrogens (tertiary/aromatic N) is 2. The van der Waals surface area contributed by atoms with E-state index in [1.807, 2.05) is 30.3 Å². The normalized spacial score (nSPS) is 15.3. The average molecular weight is 419 g/mol. The van der Waals surface area contributed by atoms with Crippen LogP contribution in [0.25, 0.3) is 0 Å². The smallest absolute Gasteiger partial charge is 0.264 e. The summed E-state index contributed by atoms with van der Waals surface area (Å²) in [6.07, 6.45) is -1.24. The van der Waals surface area contributed by atoms with Crippen LogP contribution in [0.5, 0.6) is 5.75 Å². The van der Waals surface area contributed by atoms with Crippen molar-refractivity contribution in [3.05, 3.63) is 88.4 Å². The van der Waals surface area contributed by atoms with E-state index in [0.29, 0.717) is 33.3 Å². The molecular weight excluding hydrogens is 400 g/mol. The van der Waals surface area contributed by atoms with Crippen molar-refractivity contribution >= 4 is 28.9 Å². The lowest BCUT2D eigenvalue weighted by molar-refractivity contribution is 0.0864. The zero-order valence-corrected chi connectivity index (χ0v) is 17.2. The molecule has 4 rings (SSSR count). The minimum atomic E-state index is -1.24. The molecule has 3 aromatic rings. The van der Waals surface area contributed by atoms with E-state index in [2.05, 4.69) is 11.8 Å². The number of anilines is 2. The molecule has 0 radical (unpaired) electrons. The van der Waals surface area contributed by atoms with Gasteiger partial charge in [0.15, 0.2) is 0 Å². The van der Waals surface area contributed by atoms with Crippen LogP contribution >= 0.6 is 11.6 Å². The third-order valence-electron chi connectivity index (χ3n) is 4.93. The number of aliphatic hydroxyl groups is 1. The van der Waals surface area contributed by atoms with Gasteiger partial charge in [0.1, 0.15) is 5.75 Å². The van der Waals surface area contributed by atoms with Crippen molar-refractivity contribution in [1.82, 2.24) is 0 Å². The van der Waals surface area contributed by atoms with E-state index >= 15 is 0 Å². The first-order valence-electron chi connectivity index (χ1n) is 9.29. The number of methoxy groups -OCH3 is 1. The predicted molar refractivity (Wildman–Crippen MR) is 118 cm³/mol. The van der Waals surface area contributed by atoms with E-state index in [1.54, 1.807) is 48.3 Å². The molecule has 0 aliphatic carbocycles. The largest absolute Gasteiger partial charge is 0.495 e. The fourth-order valence-corrected chi connectivity index (χ4v) is 3.70. The number of fused-ring (bicyclic) bond motifs is 1. The minimum Gasteiger partial charge on any atom is -0.495 e. The highest BCUT2D eigenvalue weighted by atomic mass is 35.5. The standard InChI is InChI=1S/C24H19ClN2O3/c1-26-22-18(9-6-10-21(22)30-2)23(28)27(24(26)29)20-14-13-17(15-19(20)25)12-11-16-7-4-3-5-8-16/h3-10,13-15,24,29H,1-2H3. The zero-order valence-electron chi connectivity index (χ0n) is 16.5. The Hall–Kier alpha value is -3.46. The highest BCUT2D eigenvalue weighted by Gasteiger charge is 2.38. The quantitative estimate of drug-likeness (QED) is 0.636. The number of carbonyl (C=O) groups excluding carboxylic acids is 1. The van der Waals surface area contributed by atoms with Gasteiger partial charge in [-0.25, -0.2) is 0 Å². The third-order valence-corrected chi connectivity index (χ3v) is 5.23. The van der Waals surface area contributed by atoms with Crippen LogP contribution in [-0.2, 0) is 0 Å². The van der Waals surface area contributed by atoms with Gasteiger partial charge in [-0.2, -0.15) is 0 Å². The number of ether oxygens (including phenoxy) is 1. The first kappa shape index (κ1) is 19.8. The molecule has 3 aromatic carbocycles. The number of carbonyl (C=O) groups is 1. The van der Waals surface area contributed by atoms with Crippen molar-refractivity contribution in [2.24, 2.45) is 0 Å². The van der Waals surface area contributed by atoms with E-state index in [9.17, 15) is 9.90 Å². The second-order valence-electron chi connectivity index (χ2n) is 6.77. The van der Waals surface area contributed by atoms with Crippen LogP contribution in [0.2, 0.25) is 5.02 Å². The monoisotopic (exact) mass is 418 g/mol. The Labute approximate surface area is 180 Å². The molecular formula is C24H19ClN2O3. The third kappa shape index (κ3) is 3.48. The summed E-state index contributed by atoms with van der Waals surface area (Å²) < 4.78 is 5.36. The number of amides is 1. The molecule has 1 amide bonds. The second kappa shape index (κ2) is 8.11. The number of rotatable bonds is 2. The molecule has 6 heteroatoms. The van der Waals surface area contributed by atoms with Gasteiger partial charge in [0.05, 0.1) is 29.1 Å². The van der Waals surface area contributed by atoms with E-state index in [0.717, 1.165) is 5.56 Å². The summed E-state index contributed by atoms with van der Waals surface area (Å²) in [5.74, 6) is 6.30. The molecule has 1 heterocycles. The van der Waals surface area contributed by atoms with Crippen molar-refractivity contribution in [2.75, 3.05) is 24.0 Å². The molecule has 0 saturated heterocycles. The highest BCUT2D eigenvalue weighted by Crippen LogP contribution is 2.40. The Morgan fingerprint density at radius 1 is 1.00 bits per heavy atom. The lowest BCUT2D eigenvalue weighted by atomic mass is 10.1. The highest BCUT2D eigenvalue weighted by molar-refractivity contribution is 6.34. The number of hydrogen-bond donors (Lipinski definition) is 1. The topological polar surface area (TPSA) is 53.0 Å². The van der Waals surface area contributed by atoms with E-state index in [1.165, 1.54) is 12.0 Å². The van der Waals surface area contributed by atoms with Crippen LogP contribution in [0.4, 0.5) is 11.4 Å². The van der Waals surface area contributed by atoms with Crippen LogP contribution in [-0.4, -0.2) is 31.5 Å². The summed E-state index contributed by atoms with van der Waals surface area (Å²) in [5.41, 5.74) is 2.97. The van der Waals surface area contributed by atoms with E-state index < -0.39 is 6.35 Å². The number of para-hydroxylation sites is 1. The average Bonchev–Trinajstić information content (AvgIpc) is 2.77. The molecule has 0 bridgehead atoms. The van der Waals surface area contributed by atoms with Gasteiger partial charge < -0.3 is 14.7 Å². The van der Waals surface area contributed by atoms with Crippen LogP contribution < -0.4 is 14.5 Å². The summed E-state index contributed by atoms with van der Waals surface area (Å²) in [6, 6.07) is 20.0. The summed E-state index contributed by atoms with van der Waals surface area (Å²) in [7, 11) is 3.22. The molecule has 0 aromatic heterocycles. The molecule has 1 unspecified atom stereocenters. The number of aliphatic hydroxyl groups excluding tert-OH is 1. The van der Waals surface area contributed by atoms with Crippen LogP contribution in [0.15, 0.2) is 66.7 Å². The lowest BCUT2D eigenvalue weighted by Gasteiger charge is -2.41. The Bertz CT molecular complexity index is 1170. The molecule has 5 nitrogen and oxygen atoms in total. The molecule has 0 fully saturated rings. The fraction of sp³-hybridized carbons (Fsp3) is 0.125. The van der Waals surface area contributed by atoms with Gasteiger partial charge in [0.2, 0.25) is 6.35 Å². The van der Waals surface area contributed by atoms with E-state index in [4.69, 9.17) is 16.3 Å². The Morgan fingerprint density at radius 2 is 1.73 bits per heavy atom. The predicted octanol–water partition coefficient (Wildman–Crippen LogP) is 4.12. The van der Waals surface area contributed by atoms with Gasteiger partial charge >= 0.3 is 0 Å². The maximum Gasteiger partial charge on any atom is 0.264 e. The lowest BCUT2D eigenvalue weighted by Crippen LogP contribution is -2.54. The number of halogens is 1. The summed E-state index contributed by atoms with van der Waals surface area (Å²) in [4.78, 5) is 16.0. The minimum absolute atomic E-state index is 0.321. The van der Waals surface area contributed by atoms with Gasteiger partial charge in [-0.15, -0.1) is 0 Å². The molecule has 1 aliphatic rings. The Morgan fingerprint density at radius 3 is 2.43 bits per heavy atom.